The summed E-state index contributed by atoms with van der Waals surface area (Å²) in [5, 5.41) is 0. The van der Waals surface area contributed by atoms with Gasteiger partial charge in [0.25, 0.3) is 10.1 Å². The normalized spacial score (nSPS) is 11.7. The summed E-state index contributed by atoms with van der Waals surface area (Å²) in [6, 6.07) is 3.59. The molecule has 16 heavy (non-hydrogen) atoms. The Morgan fingerprint density at radius 2 is 1.94 bits per heavy atom. The molecule has 0 fully saturated rings. The van der Waals surface area contributed by atoms with Gasteiger partial charge in [0.15, 0.2) is 11.6 Å². The van der Waals surface area contributed by atoms with Gasteiger partial charge in [0.1, 0.15) is 0 Å². The Balaban J connectivity index is 2.41. The lowest BCUT2D eigenvalue weighted by atomic mass is 10.1. The Labute approximate surface area is 93.2 Å². The van der Waals surface area contributed by atoms with Crippen LogP contribution in [0, 0.1) is 11.6 Å². The van der Waals surface area contributed by atoms with Crippen molar-refractivity contribution < 1.29 is 21.4 Å². The van der Waals surface area contributed by atoms with Crippen LogP contribution in [0.3, 0.4) is 0 Å². The summed E-state index contributed by atoms with van der Waals surface area (Å²) in [4.78, 5) is 0. The highest BCUT2D eigenvalue weighted by molar-refractivity contribution is 7.85. The summed E-state index contributed by atoms with van der Waals surface area (Å²) >= 11 is 0. The third kappa shape index (κ3) is 4.67. The van der Waals surface area contributed by atoms with E-state index in [9.17, 15) is 17.2 Å². The molecule has 0 saturated carbocycles. The van der Waals surface area contributed by atoms with Gasteiger partial charge in [0.2, 0.25) is 0 Å². The summed E-state index contributed by atoms with van der Waals surface area (Å²) in [6.45, 7) is 0.0395. The molecule has 0 aliphatic heterocycles. The van der Waals surface area contributed by atoms with E-state index in [4.69, 9.17) is 0 Å². The third-order valence-corrected chi connectivity index (χ3v) is 2.49. The smallest absolute Gasteiger partial charge is 0.264 e. The lowest BCUT2D eigenvalue weighted by Crippen LogP contribution is -2.05. The van der Waals surface area contributed by atoms with E-state index in [0.717, 1.165) is 18.4 Å². The fourth-order valence-electron chi connectivity index (χ4n) is 1.18. The number of halogens is 2. The Morgan fingerprint density at radius 1 is 1.25 bits per heavy atom. The van der Waals surface area contributed by atoms with Crippen LogP contribution < -0.4 is 0 Å². The Morgan fingerprint density at radius 3 is 2.50 bits per heavy atom. The van der Waals surface area contributed by atoms with Gasteiger partial charge in [0.05, 0.1) is 12.9 Å². The summed E-state index contributed by atoms with van der Waals surface area (Å²) in [6.07, 6.45) is 1.83. The zero-order valence-electron chi connectivity index (χ0n) is 8.74. The number of aryl methyl sites for hydroxylation is 1. The first-order chi connectivity index (χ1) is 7.38. The van der Waals surface area contributed by atoms with Crippen LogP contribution >= 0.6 is 0 Å². The maximum absolute atomic E-state index is 12.8. The molecule has 0 atom stereocenters. The summed E-state index contributed by atoms with van der Waals surface area (Å²) in [7, 11) is -3.43. The fraction of sp³-hybridized carbons (Fsp3) is 0.400. The molecule has 1 aromatic rings. The minimum Gasteiger partial charge on any atom is -0.270 e. The zero-order chi connectivity index (χ0) is 12.2. The van der Waals surface area contributed by atoms with Crippen molar-refractivity contribution in [3.8, 4) is 0 Å². The first kappa shape index (κ1) is 13.1. The molecule has 0 saturated heterocycles. The van der Waals surface area contributed by atoms with E-state index >= 15 is 0 Å². The molecule has 0 unspecified atom stereocenters. The quantitative estimate of drug-likeness (QED) is 0.592. The van der Waals surface area contributed by atoms with Crippen molar-refractivity contribution >= 4 is 10.1 Å². The van der Waals surface area contributed by atoms with Gasteiger partial charge in [-0.1, -0.05) is 6.07 Å². The number of benzene rings is 1. The highest BCUT2D eigenvalue weighted by Gasteiger charge is 2.04. The monoisotopic (exact) mass is 250 g/mol. The molecule has 0 radical (unpaired) electrons. The van der Waals surface area contributed by atoms with Crippen LogP contribution in [0.15, 0.2) is 18.2 Å². The molecule has 0 heterocycles. The van der Waals surface area contributed by atoms with E-state index in [1.165, 1.54) is 6.07 Å². The molecular weight excluding hydrogens is 238 g/mol. The van der Waals surface area contributed by atoms with Gasteiger partial charge in [0, 0.05) is 0 Å². The van der Waals surface area contributed by atoms with E-state index in [0.29, 0.717) is 18.4 Å². The van der Waals surface area contributed by atoms with E-state index in [2.05, 4.69) is 4.18 Å². The molecule has 1 aromatic carbocycles. The van der Waals surface area contributed by atoms with Crippen LogP contribution in [0.1, 0.15) is 12.0 Å². The predicted octanol–water partition coefficient (Wildman–Crippen LogP) is 1.87. The van der Waals surface area contributed by atoms with E-state index in [1.54, 1.807) is 0 Å². The Hall–Kier alpha value is -1.01. The van der Waals surface area contributed by atoms with Crippen LogP contribution in [-0.4, -0.2) is 21.3 Å². The highest BCUT2D eigenvalue weighted by Crippen LogP contribution is 2.10. The van der Waals surface area contributed by atoms with Crippen LogP contribution in [-0.2, 0) is 20.7 Å². The van der Waals surface area contributed by atoms with Crippen molar-refractivity contribution in [2.75, 3.05) is 12.9 Å². The van der Waals surface area contributed by atoms with E-state index in [-0.39, 0.29) is 6.61 Å². The van der Waals surface area contributed by atoms with Gasteiger partial charge < -0.3 is 0 Å². The molecule has 90 valence electrons. The minimum absolute atomic E-state index is 0.0395. The van der Waals surface area contributed by atoms with Gasteiger partial charge in [-0.2, -0.15) is 8.42 Å². The van der Waals surface area contributed by atoms with Gasteiger partial charge >= 0.3 is 0 Å². The minimum atomic E-state index is -3.43. The maximum Gasteiger partial charge on any atom is 0.264 e. The predicted molar refractivity (Wildman–Crippen MR) is 55.5 cm³/mol. The summed E-state index contributed by atoms with van der Waals surface area (Å²) < 4.78 is 51.1. The van der Waals surface area contributed by atoms with Crippen LogP contribution in [0.25, 0.3) is 0 Å². The van der Waals surface area contributed by atoms with E-state index < -0.39 is 21.8 Å². The molecule has 0 bridgehead atoms. The Bertz CT molecular complexity index is 457. The molecule has 1 rings (SSSR count). The van der Waals surface area contributed by atoms with Crippen LogP contribution in [0.5, 0.6) is 0 Å². The van der Waals surface area contributed by atoms with Crippen molar-refractivity contribution in [2.45, 2.75) is 12.8 Å². The molecule has 0 aliphatic carbocycles. The van der Waals surface area contributed by atoms with Crippen LogP contribution in [0.4, 0.5) is 8.78 Å². The number of hydrogen-bond donors (Lipinski definition) is 0. The number of rotatable bonds is 5. The second-order valence-corrected chi connectivity index (χ2v) is 5.02. The second-order valence-electron chi connectivity index (χ2n) is 3.38. The SMILES string of the molecule is CS(=O)(=O)OCCCc1ccc(F)c(F)c1. The van der Waals surface area contributed by atoms with Crippen molar-refractivity contribution in [3.05, 3.63) is 35.4 Å². The summed E-state index contributed by atoms with van der Waals surface area (Å²) in [5.74, 6) is -1.79. The van der Waals surface area contributed by atoms with Gasteiger partial charge in [-0.3, -0.25) is 4.18 Å². The first-order valence-electron chi connectivity index (χ1n) is 4.67. The third-order valence-electron chi connectivity index (χ3n) is 1.89. The van der Waals surface area contributed by atoms with Gasteiger partial charge in [-0.25, -0.2) is 8.78 Å². The molecule has 0 aromatic heterocycles. The lowest BCUT2D eigenvalue weighted by Gasteiger charge is -2.02. The largest absolute Gasteiger partial charge is 0.270 e. The molecular formula is C10H12F2O3S. The lowest BCUT2D eigenvalue weighted by molar-refractivity contribution is 0.315. The molecule has 0 spiro atoms. The maximum atomic E-state index is 12.8. The first-order valence-corrected chi connectivity index (χ1v) is 6.48. The molecule has 6 heteroatoms. The molecule has 0 amide bonds. The average Bonchev–Trinajstić information content (AvgIpc) is 2.17. The molecule has 0 N–H and O–H groups in total. The fourth-order valence-corrected chi connectivity index (χ4v) is 1.60. The van der Waals surface area contributed by atoms with Crippen molar-refractivity contribution in [3.63, 3.8) is 0 Å². The zero-order valence-corrected chi connectivity index (χ0v) is 9.56. The topological polar surface area (TPSA) is 43.4 Å². The highest BCUT2D eigenvalue weighted by atomic mass is 32.2. The standard InChI is InChI=1S/C10H12F2O3S/c1-16(13,14)15-6-2-3-8-4-5-9(11)10(12)7-8/h4-5,7H,2-3,6H2,1H3. The second kappa shape index (κ2) is 5.36. The van der Waals surface area contributed by atoms with Gasteiger partial charge in [-0.15, -0.1) is 0 Å². The number of hydrogen-bond acceptors (Lipinski definition) is 3. The van der Waals surface area contributed by atoms with Gasteiger partial charge in [-0.05, 0) is 30.5 Å². The average molecular weight is 250 g/mol. The molecule has 3 nitrogen and oxygen atoms in total. The summed E-state index contributed by atoms with van der Waals surface area (Å²) in [5.41, 5.74) is 0.607. The Kier molecular flexibility index (Phi) is 4.37. The van der Waals surface area contributed by atoms with Crippen molar-refractivity contribution in [1.82, 2.24) is 0 Å². The molecule has 0 aliphatic rings. The van der Waals surface area contributed by atoms with E-state index in [1.807, 2.05) is 0 Å². The van der Waals surface area contributed by atoms with Crippen LogP contribution in [0.2, 0.25) is 0 Å². The van der Waals surface area contributed by atoms with Crippen molar-refractivity contribution in [1.29, 1.82) is 0 Å². The van der Waals surface area contributed by atoms with Crippen molar-refractivity contribution in [2.24, 2.45) is 0 Å².